The van der Waals surface area contributed by atoms with Crippen LogP contribution in [0.25, 0.3) is 33.1 Å². The zero-order valence-corrected chi connectivity index (χ0v) is 19.1. The van der Waals surface area contributed by atoms with Gasteiger partial charge in [0.25, 0.3) is 0 Å². The van der Waals surface area contributed by atoms with E-state index in [1.807, 2.05) is 36.4 Å². The monoisotopic (exact) mass is 465 g/mol. The van der Waals surface area contributed by atoms with Crippen molar-refractivity contribution in [3.05, 3.63) is 70.3 Å². The van der Waals surface area contributed by atoms with Gasteiger partial charge in [-0.3, -0.25) is 4.79 Å². The molecular formula is C25H23NO6S. The summed E-state index contributed by atoms with van der Waals surface area (Å²) in [6.07, 6.45) is 1.95. The minimum atomic E-state index is -3.12. The second-order valence-corrected chi connectivity index (χ2v) is 10.8. The molecule has 3 heterocycles. The number of nitrogens with zero attached hydrogens (tertiary/aromatic N) is 1. The number of benzene rings is 2. The number of carbonyl (C=O) groups excluding carboxylic acids is 1. The molecule has 0 aliphatic carbocycles. The number of rotatable bonds is 4. The second-order valence-electron chi connectivity index (χ2n) is 8.59. The van der Waals surface area contributed by atoms with Crippen LogP contribution in [-0.4, -0.2) is 43.8 Å². The van der Waals surface area contributed by atoms with Crippen molar-refractivity contribution in [3.63, 3.8) is 0 Å². The average Bonchev–Trinajstić information content (AvgIpc) is 3.37. The lowest BCUT2D eigenvalue weighted by atomic mass is 9.99. The number of furan rings is 1. The van der Waals surface area contributed by atoms with E-state index in [2.05, 4.69) is 0 Å². The first-order valence-corrected chi connectivity index (χ1v) is 12.5. The Balaban J connectivity index is 1.54. The Morgan fingerprint density at radius 3 is 2.58 bits per heavy atom. The molecule has 7 nitrogen and oxygen atoms in total. The van der Waals surface area contributed by atoms with Crippen LogP contribution in [0.15, 0.2) is 62.4 Å². The Morgan fingerprint density at radius 2 is 1.88 bits per heavy atom. The van der Waals surface area contributed by atoms with Crippen LogP contribution in [0.4, 0.5) is 0 Å². The van der Waals surface area contributed by atoms with Crippen LogP contribution in [0.5, 0.6) is 0 Å². The molecule has 1 aliphatic rings. The van der Waals surface area contributed by atoms with Gasteiger partial charge in [0, 0.05) is 35.5 Å². The maximum Gasteiger partial charge on any atom is 0.340 e. The first-order chi connectivity index (χ1) is 15.7. The van der Waals surface area contributed by atoms with E-state index in [-0.39, 0.29) is 35.4 Å². The van der Waals surface area contributed by atoms with Gasteiger partial charge in [0.2, 0.25) is 5.91 Å². The van der Waals surface area contributed by atoms with E-state index in [0.29, 0.717) is 23.2 Å². The van der Waals surface area contributed by atoms with Gasteiger partial charge >= 0.3 is 5.63 Å². The molecular weight excluding hydrogens is 442 g/mol. The highest BCUT2D eigenvalue weighted by molar-refractivity contribution is 7.91. The predicted molar refractivity (Wildman–Crippen MR) is 126 cm³/mol. The minimum absolute atomic E-state index is 0.0404. The molecule has 1 fully saturated rings. The first-order valence-electron chi connectivity index (χ1n) is 10.7. The number of hydrogen-bond donors (Lipinski definition) is 0. The molecule has 33 heavy (non-hydrogen) atoms. The highest BCUT2D eigenvalue weighted by Gasteiger charge is 2.33. The van der Waals surface area contributed by atoms with Gasteiger partial charge in [0.05, 0.1) is 29.8 Å². The summed E-state index contributed by atoms with van der Waals surface area (Å²) in [6, 6.07) is 13.1. The van der Waals surface area contributed by atoms with Crippen molar-refractivity contribution in [2.24, 2.45) is 0 Å². The zero-order valence-electron chi connectivity index (χ0n) is 18.3. The summed E-state index contributed by atoms with van der Waals surface area (Å²) in [4.78, 5) is 27.1. The fourth-order valence-electron chi connectivity index (χ4n) is 4.52. The molecule has 1 saturated heterocycles. The third-order valence-electron chi connectivity index (χ3n) is 6.54. The first kappa shape index (κ1) is 21.5. The van der Waals surface area contributed by atoms with Crippen LogP contribution in [0.3, 0.4) is 0 Å². The molecule has 4 aromatic rings. The maximum atomic E-state index is 12.9. The topological polar surface area (TPSA) is 97.8 Å². The van der Waals surface area contributed by atoms with Crippen LogP contribution < -0.4 is 5.63 Å². The fourth-order valence-corrected chi connectivity index (χ4v) is 6.29. The van der Waals surface area contributed by atoms with Crippen LogP contribution >= 0.6 is 0 Å². The van der Waals surface area contributed by atoms with Crippen LogP contribution in [0, 0.1) is 6.92 Å². The molecule has 5 rings (SSSR count). The average molecular weight is 466 g/mol. The lowest BCUT2D eigenvalue weighted by molar-refractivity contribution is -0.130. The molecule has 1 unspecified atom stereocenters. The van der Waals surface area contributed by atoms with E-state index in [4.69, 9.17) is 8.83 Å². The van der Waals surface area contributed by atoms with Crippen molar-refractivity contribution in [1.82, 2.24) is 4.90 Å². The van der Waals surface area contributed by atoms with E-state index in [1.54, 1.807) is 26.3 Å². The molecule has 2 aromatic heterocycles. The number of sulfone groups is 1. The van der Waals surface area contributed by atoms with E-state index in [0.717, 1.165) is 21.9 Å². The second kappa shape index (κ2) is 7.88. The van der Waals surface area contributed by atoms with Gasteiger partial charge in [-0.05, 0) is 30.5 Å². The van der Waals surface area contributed by atoms with Gasteiger partial charge in [0.1, 0.15) is 11.2 Å². The Labute approximate surface area is 190 Å². The molecule has 1 atom stereocenters. The zero-order chi connectivity index (χ0) is 23.3. The number of hydrogen-bond acceptors (Lipinski definition) is 6. The third-order valence-corrected chi connectivity index (χ3v) is 8.29. The standard InChI is InChI=1S/C25H23NO6S/c1-15-18-10-20-21(16-6-4-3-5-7-16)13-31-22(20)12-23(18)32-25(28)19(15)11-24(27)26(2)17-8-9-33(29,30)14-17/h3-7,10,12-13,17H,8-9,11,14H2,1-2H3. The third kappa shape index (κ3) is 3.84. The van der Waals surface area contributed by atoms with Crippen molar-refractivity contribution in [2.75, 3.05) is 18.6 Å². The Hall–Kier alpha value is -3.39. The number of carbonyl (C=O) groups is 1. The maximum absolute atomic E-state index is 12.9. The predicted octanol–water partition coefficient (Wildman–Crippen LogP) is 3.70. The molecule has 0 N–H and O–H groups in total. The SMILES string of the molecule is Cc1c(CC(=O)N(C)C2CCS(=O)(=O)C2)c(=O)oc2cc3occ(-c4ccccc4)c3cc12. The number of amides is 1. The van der Waals surface area contributed by atoms with Crippen molar-refractivity contribution >= 4 is 37.7 Å². The van der Waals surface area contributed by atoms with Crippen LogP contribution in [0.2, 0.25) is 0 Å². The van der Waals surface area contributed by atoms with Crippen molar-refractivity contribution < 1.29 is 22.0 Å². The molecule has 0 saturated carbocycles. The molecule has 0 bridgehead atoms. The van der Waals surface area contributed by atoms with Gasteiger partial charge in [0.15, 0.2) is 9.84 Å². The van der Waals surface area contributed by atoms with E-state index in [1.165, 1.54) is 4.90 Å². The lowest BCUT2D eigenvalue weighted by Gasteiger charge is -2.23. The summed E-state index contributed by atoms with van der Waals surface area (Å²) in [7, 11) is -1.53. The van der Waals surface area contributed by atoms with Gasteiger partial charge in [-0.2, -0.15) is 0 Å². The normalized spacial score (nSPS) is 17.6. The van der Waals surface area contributed by atoms with Gasteiger partial charge < -0.3 is 13.7 Å². The summed E-state index contributed by atoms with van der Waals surface area (Å²) in [5.74, 6) is -0.265. The fraction of sp³-hybridized carbons (Fsp3) is 0.280. The summed E-state index contributed by atoms with van der Waals surface area (Å²) in [5, 5.41) is 1.62. The number of likely N-dealkylation sites (N-methyl/N-ethyl adjacent to an activating group) is 1. The van der Waals surface area contributed by atoms with Crippen molar-refractivity contribution in [1.29, 1.82) is 0 Å². The summed E-state index contributed by atoms with van der Waals surface area (Å²) in [5.41, 5.74) is 3.32. The quantitative estimate of drug-likeness (QED) is 0.426. The van der Waals surface area contributed by atoms with Crippen LogP contribution in [-0.2, 0) is 21.1 Å². The molecule has 0 spiro atoms. The largest absolute Gasteiger partial charge is 0.464 e. The molecule has 0 radical (unpaired) electrons. The van der Waals surface area contributed by atoms with E-state index >= 15 is 0 Å². The molecule has 1 amide bonds. The molecule has 2 aromatic carbocycles. The molecule has 170 valence electrons. The van der Waals surface area contributed by atoms with Gasteiger partial charge in [-0.15, -0.1) is 0 Å². The minimum Gasteiger partial charge on any atom is -0.464 e. The van der Waals surface area contributed by atoms with Crippen molar-refractivity contribution in [3.8, 4) is 11.1 Å². The van der Waals surface area contributed by atoms with E-state index < -0.39 is 15.5 Å². The lowest BCUT2D eigenvalue weighted by Crippen LogP contribution is -2.39. The van der Waals surface area contributed by atoms with E-state index in [9.17, 15) is 18.0 Å². The van der Waals surface area contributed by atoms with Crippen molar-refractivity contribution in [2.45, 2.75) is 25.8 Å². The summed E-state index contributed by atoms with van der Waals surface area (Å²) < 4.78 is 34.8. The van der Waals surface area contributed by atoms with Gasteiger partial charge in [-0.25, -0.2) is 13.2 Å². The Morgan fingerprint density at radius 1 is 1.12 bits per heavy atom. The smallest absolute Gasteiger partial charge is 0.340 e. The van der Waals surface area contributed by atoms with Gasteiger partial charge in [-0.1, -0.05) is 30.3 Å². The highest BCUT2D eigenvalue weighted by Crippen LogP contribution is 2.34. The Kier molecular flexibility index (Phi) is 5.12. The summed E-state index contributed by atoms with van der Waals surface area (Å²) in [6.45, 7) is 1.80. The summed E-state index contributed by atoms with van der Waals surface area (Å²) >= 11 is 0. The molecule has 8 heteroatoms. The number of fused-ring (bicyclic) bond motifs is 2. The van der Waals surface area contributed by atoms with Crippen LogP contribution in [0.1, 0.15) is 17.5 Å². The Bertz CT molecular complexity index is 1550. The highest BCUT2D eigenvalue weighted by atomic mass is 32.2. The number of aryl methyl sites for hydroxylation is 1. The molecule has 1 aliphatic heterocycles.